The van der Waals surface area contributed by atoms with Crippen LogP contribution in [0.15, 0.2) is 48.5 Å². The molecule has 0 unspecified atom stereocenters. The highest BCUT2D eigenvalue weighted by molar-refractivity contribution is 7.22. The van der Waals surface area contributed by atoms with E-state index < -0.39 is 0 Å². The highest BCUT2D eigenvalue weighted by Gasteiger charge is 2.22. The van der Waals surface area contributed by atoms with Gasteiger partial charge in [-0.05, 0) is 23.1 Å². The van der Waals surface area contributed by atoms with E-state index in [2.05, 4.69) is 23.5 Å². The smallest absolute Gasteiger partial charge is 0.228 e. The maximum Gasteiger partial charge on any atom is 0.228 e. The van der Waals surface area contributed by atoms with Gasteiger partial charge in [-0.25, -0.2) is 0 Å². The van der Waals surface area contributed by atoms with Crippen molar-refractivity contribution in [3.05, 3.63) is 54.1 Å². The summed E-state index contributed by atoms with van der Waals surface area (Å²) in [5.41, 5.74) is 3.20. The van der Waals surface area contributed by atoms with Gasteiger partial charge < -0.3 is 5.32 Å². The van der Waals surface area contributed by atoms with E-state index in [1.807, 2.05) is 30.3 Å². The molecule has 0 fully saturated rings. The number of hydrogen-bond donors (Lipinski definition) is 1. The van der Waals surface area contributed by atoms with Gasteiger partial charge >= 0.3 is 0 Å². The van der Waals surface area contributed by atoms with Crippen LogP contribution in [0.4, 0.5) is 5.69 Å². The molecule has 2 nitrogen and oxygen atoms in total. The minimum atomic E-state index is 0.0646. The van der Waals surface area contributed by atoms with E-state index in [9.17, 15) is 4.79 Å². The third-order valence-corrected chi connectivity index (χ3v) is 4.73. The van der Waals surface area contributed by atoms with E-state index in [-0.39, 0.29) is 5.91 Å². The quantitative estimate of drug-likeness (QED) is 0.652. The summed E-state index contributed by atoms with van der Waals surface area (Å²) in [5, 5.41) is 4.19. The molecule has 0 bridgehead atoms. The lowest BCUT2D eigenvalue weighted by atomic mass is 10.0. The van der Waals surface area contributed by atoms with Crippen LogP contribution in [0.2, 0.25) is 0 Å². The summed E-state index contributed by atoms with van der Waals surface area (Å²) in [7, 11) is 0. The third-order valence-electron chi connectivity index (χ3n) is 3.48. The maximum absolute atomic E-state index is 12.0. The molecule has 3 heteroatoms. The lowest BCUT2D eigenvalue weighted by Gasteiger charge is -2.05. The average molecular weight is 265 g/mol. The van der Waals surface area contributed by atoms with E-state index in [0.717, 1.165) is 16.8 Å². The summed E-state index contributed by atoms with van der Waals surface area (Å²) < 4.78 is 1.25. The van der Waals surface area contributed by atoms with Crippen LogP contribution in [-0.2, 0) is 11.2 Å². The van der Waals surface area contributed by atoms with Gasteiger partial charge in [-0.2, -0.15) is 0 Å². The monoisotopic (exact) mass is 265 g/mol. The molecule has 1 amide bonds. The Morgan fingerprint density at radius 1 is 1.00 bits per heavy atom. The number of hydrogen-bond acceptors (Lipinski definition) is 2. The Labute approximate surface area is 114 Å². The van der Waals surface area contributed by atoms with Crippen molar-refractivity contribution in [3.8, 4) is 10.4 Å². The van der Waals surface area contributed by atoms with Crippen LogP contribution in [0.5, 0.6) is 0 Å². The van der Waals surface area contributed by atoms with E-state index in [1.165, 1.54) is 15.0 Å². The molecule has 1 aliphatic heterocycles. The Morgan fingerprint density at radius 2 is 1.79 bits per heavy atom. The van der Waals surface area contributed by atoms with Crippen molar-refractivity contribution in [2.24, 2.45) is 0 Å². The molecule has 1 N–H and O–H groups in total. The number of para-hydroxylation sites is 1. The number of nitrogens with one attached hydrogen (secondary N) is 1. The van der Waals surface area contributed by atoms with Gasteiger partial charge in [0.15, 0.2) is 0 Å². The molecule has 1 aromatic heterocycles. The highest BCUT2D eigenvalue weighted by Crippen LogP contribution is 2.43. The number of rotatable bonds is 0. The normalized spacial score (nSPS) is 13.6. The lowest BCUT2D eigenvalue weighted by Crippen LogP contribution is -2.12. The van der Waals surface area contributed by atoms with Crippen LogP contribution in [0, 0.1) is 0 Å². The Morgan fingerprint density at radius 3 is 2.74 bits per heavy atom. The van der Waals surface area contributed by atoms with Crippen LogP contribution < -0.4 is 5.32 Å². The molecule has 3 aromatic rings. The Hall–Kier alpha value is -2.13. The van der Waals surface area contributed by atoms with Crippen LogP contribution >= 0.6 is 11.3 Å². The van der Waals surface area contributed by atoms with Crippen LogP contribution in [0.25, 0.3) is 20.5 Å². The van der Waals surface area contributed by atoms with Gasteiger partial charge in [-0.1, -0.05) is 36.4 Å². The fraction of sp³-hybridized carbons (Fsp3) is 0.0625. The molecule has 0 atom stereocenters. The predicted octanol–water partition coefficient (Wildman–Crippen LogP) is 4.06. The summed E-state index contributed by atoms with van der Waals surface area (Å²) in [6.07, 6.45) is 0.452. The van der Waals surface area contributed by atoms with Crippen LogP contribution in [0.3, 0.4) is 0 Å². The van der Waals surface area contributed by atoms with E-state index in [1.54, 1.807) is 11.3 Å². The van der Waals surface area contributed by atoms with Gasteiger partial charge in [-0.15, -0.1) is 11.3 Å². The fourth-order valence-corrected chi connectivity index (χ4v) is 3.90. The number of thiophene rings is 1. The first-order chi connectivity index (χ1) is 9.33. The van der Waals surface area contributed by atoms with E-state index >= 15 is 0 Å². The molecule has 0 saturated carbocycles. The average Bonchev–Trinajstić information content (AvgIpc) is 2.71. The number of anilines is 1. The number of carbonyl (C=O) groups is 1. The number of fused-ring (bicyclic) bond motifs is 5. The zero-order chi connectivity index (χ0) is 12.8. The predicted molar refractivity (Wildman–Crippen MR) is 79.6 cm³/mol. The number of amides is 1. The van der Waals surface area contributed by atoms with Crippen molar-refractivity contribution in [2.75, 3.05) is 5.32 Å². The fourth-order valence-electron chi connectivity index (χ4n) is 2.64. The second-order valence-corrected chi connectivity index (χ2v) is 5.73. The van der Waals surface area contributed by atoms with Gasteiger partial charge in [0.2, 0.25) is 5.91 Å². The van der Waals surface area contributed by atoms with Gasteiger partial charge in [0.05, 0.1) is 6.42 Å². The summed E-state index contributed by atoms with van der Waals surface area (Å²) in [4.78, 5) is 13.3. The summed E-state index contributed by atoms with van der Waals surface area (Å²) >= 11 is 1.77. The van der Waals surface area contributed by atoms with E-state index in [0.29, 0.717) is 6.42 Å². The standard InChI is InChI=1S/C16H11NOS/c18-15-9-12-10-5-2-4-8-14(10)19-16(12)11-6-1-3-7-13(11)17-15/h1-8H,9H2,(H,17,18). The molecule has 4 rings (SSSR count). The van der Waals surface area contributed by atoms with Crippen molar-refractivity contribution in [1.82, 2.24) is 0 Å². The second kappa shape index (κ2) is 3.93. The summed E-state index contributed by atoms with van der Waals surface area (Å²) in [6, 6.07) is 16.3. The van der Waals surface area contributed by atoms with Crippen molar-refractivity contribution in [1.29, 1.82) is 0 Å². The number of carbonyl (C=O) groups excluding carboxylic acids is 1. The van der Waals surface area contributed by atoms with Gasteiger partial charge in [0.25, 0.3) is 0 Å². The third kappa shape index (κ3) is 1.59. The molecule has 2 heterocycles. The highest BCUT2D eigenvalue weighted by atomic mass is 32.1. The zero-order valence-electron chi connectivity index (χ0n) is 10.1. The first-order valence-electron chi connectivity index (χ1n) is 6.22. The second-order valence-electron chi connectivity index (χ2n) is 4.68. The zero-order valence-corrected chi connectivity index (χ0v) is 11.0. The Balaban J connectivity index is 2.11. The summed E-state index contributed by atoms with van der Waals surface area (Å²) in [5.74, 6) is 0.0646. The first-order valence-corrected chi connectivity index (χ1v) is 7.04. The van der Waals surface area contributed by atoms with Crippen molar-refractivity contribution < 1.29 is 4.79 Å². The molecule has 0 radical (unpaired) electrons. The Bertz CT molecular complexity index is 803. The Kier molecular flexibility index (Phi) is 2.23. The lowest BCUT2D eigenvalue weighted by molar-refractivity contribution is -0.115. The molecular weight excluding hydrogens is 254 g/mol. The van der Waals surface area contributed by atoms with Gasteiger partial charge in [-0.3, -0.25) is 4.79 Å². The first kappa shape index (κ1) is 10.8. The molecule has 19 heavy (non-hydrogen) atoms. The number of benzene rings is 2. The minimum Gasteiger partial charge on any atom is -0.325 e. The minimum absolute atomic E-state index is 0.0646. The van der Waals surface area contributed by atoms with E-state index in [4.69, 9.17) is 0 Å². The largest absolute Gasteiger partial charge is 0.325 e. The summed E-state index contributed by atoms with van der Waals surface area (Å²) in [6.45, 7) is 0. The van der Waals surface area contributed by atoms with Crippen molar-refractivity contribution >= 4 is 33.0 Å². The molecule has 92 valence electrons. The molecule has 0 spiro atoms. The SMILES string of the molecule is O=C1Cc2c(sc3ccccc23)-c2ccccc2N1. The van der Waals surface area contributed by atoms with Crippen molar-refractivity contribution in [3.63, 3.8) is 0 Å². The van der Waals surface area contributed by atoms with Crippen molar-refractivity contribution in [2.45, 2.75) is 6.42 Å². The molecule has 0 aliphatic carbocycles. The van der Waals surface area contributed by atoms with Crippen LogP contribution in [-0.4, -0.2) is 5.91 Å². The van der Waals surface area contributed by atoms with Crippen LogP contribution in [0.1, 0.15) is 5.56 Å². The van der Waals surface area contributed by atoms with Gasteiger partial charge in [0, 0.05) is 20.8 Å². The molecule has 2 aromatic carbocycles. The maximum atomic E-state index is 12.0. The molecule has 1 aliphatic rings. The van der Waals surface area contributed by atoms with Gasteiger partial charge in [0.1, 0.15) is 0 Å². The molecule has 0 saturated heterocycles. The topological polar surface area (TPSA) is 29.1 Å². The molecular formula is C16H11NOS.